The van der Waals surface area contributed by atoms with Crippen LogP contribution in [0.2, 0.25) is 0 Å². The van der Waals surface area contributed by atoms with Crippen molar-refractivity contribution in [3.05, 3.63) is 30.2 Å². The zero-order valence-corrected chi connectivity index (χ0v) is 14.5. The summed E-state index contributed by atoms with van der Waals surface area (Å²) in [5.41, 5.74) is 2.12. The third-order valence-electron chi connectivity index (χ3n) is 5.45. The van der Waals surface area contributed by atoms with Crippen molar-refractivity contribution in [1.82, 2.24) is 29.3 Å². The van der Waals surface area contributed by atoms with Gasteiger partial charge in [-0.25, -0.2) is 15.0 Å². The Hall–Kier alpha value is -2.44. The standard InChI is InChI=1S/C18H23N7/c1-24-18-15(10-21-24)17(22-16(23-18)12-4-2-3-5-12)20-9-14-8-19-11-25(14)13-6-7-13/h8,10-13H,2-7,9H2,1H3,(H,20,22,23). The molecule has 2 fully saturated rings. The Bertz CT molecular complexity index is 899. The summed E-state index contributed by atoms with van der Waals surface area (Å²) in [4.78, 5) is 14.0. The lowest BCUT2D eigenvalue weighted by Crippen LogP contribution is -2.10. The molecule has 0 spiro atoms. The summed E-state index contributed by atoms with van der Waals surface area (Å²) in [6.07, 6.45) is 13.2. The van der Waals surface area contributed by atoms with Gasteiger partial charge in [-0.05, 0) is 25.7 Å². The quantitative estimate of drug-likeness (QED) is 0.774. The first-order chi connectivity index (χ1) is 12.3. The van der Waals surface area contributed by atoms with Gasteiger partial charge in [0.2, 0.25) is 0 Å². The highest BCUT2D eigenvalue weighted by atomic mass is 15.3. The monoisotopic (exact) mass is 337 g/mol. The molecule has 2 aliphatic rings. The first-order valence-electron chi connectivity index (χ1n) is 9.24. The molecule has 1 N–H and O–H groups in total. The number of rotatable bonds is 5. The van der Waals surface area contributed by atoms with Gasteiger partial charge in [-0.3, -0.25) is 4.68 Å². The molecular formula is C18H23N7. The molecule has 5 rings (SSSR count). The second-order valence-corrected chi connectivity index (χ2v) is 7.29. The van der Waals surface area contributed by atoms with Gasteiger partial charge < -0.3 is 9.88 Å². The molecule has 2 aliphatic carbocycles. The molecule has 7 heteroatoms. The second-order valence-electron chi connectivity index (χ2n) is 7.29. The fourth-order valence-electron chi connectivity index (χ4n) is 3.87. The molecule has 130 valence electrons. The number of nitrogens with one attached hydrogen (secondary N) is 1. The average molecular weight is 337 g/mol. The highest BCUT2D eigenvalue weighted by Gasteiger charge is 2.25. The molecule has 0 atom stereocenters. The van der Waals surface area contributed by atoms with Crippen LogP contribution in [0, 0.1) is 0 Å². The molecule has 0 radical (unpaired) electrons. The molecule has 0 aliphatic heterocycles. The Kier molecular flexibility index (Phi) is 3.46. The van der Waals surface area contributed by atoms with Crippen LogP contribution in [0.4, 0.5) is 5.82 Å². The van der Waals surface area contributed by atoms with E-state index in [9.17, 15) is 0 Å². The highest BCUT2D eigenvalue weighted by molar-refractivity contribution is 5.86. The van der Waals surface area contributed by atoms with Gasteiger partial charge in [0, 0.05) is 25.2 Å². The normalized spacial score (nSPS) is 18.3. The lowest BCUT2D eigenvalue weighted by Gasteiger charge is -2.13. The van der Waals surface area contributed by atoms with Gasteiger partial charge in [-0.15, -0.1) is 0 Å². The first-order valence-corrected chi connectivity index (χ1v) is 9.24. The van der Waals surface area contributed by atoms with Crippen molar-refractivity contribution in [3.8, 4) is 0 Å². The van der Waals surface area contributed by atoms with E-state index in [4.69, 9.17) is 9.97 Å². The van der Waals surface area contributed by atoms with Crippen LogP contribution in [0.5, 0.6) is 0 Å². The van der Waals surface area contributed by atoms with E-state index < -0.39 is 0 Å². The number of anilines is 1. The van der Waals surface area contributed by atoms with Gasteiger partial charge in [0.15, 0.2) is 5.65 Å². The highest BCUT2D eigenvalue weighted by Crippen LogP contribution is 2.36. The number of fused-ring (bicyclic) bond motifs is 1. The van der Waals surface area contributed by atoms with Gasteiger partial charge in [0.05, 0.1) is 30.1 Å². The van der Waals surface area contributed by atoms with Gasteiger partial charge in [0.25, 0.3) is 0 Å². The van der Waals surface area contributed by atoms with Crippen molar-refractivity contribution in [1.29, 1.82) is 0 Å². The first kappa shape index (κ1) is 14.9. The smallest absolute Gasteiger partial charge is 0.163 e. The van der Waals surface area contributed by atoms with Crippen LogP contribution >= 0.6 is 0 Å². The molecule has 0 amide bonds. The van der Waals surface area contributed by atoms with Crippen LogP contribution in [-0.4, -0.2) is 29.3 Å². The number of hydrogen-bond acceptors (Lipinski definition) is 5. The van der Waals surface area contributed by atoms with Crippen molar-refractivity contribution >= 4 is 16.9 Å². The van der Waals surface area contributed by atoms with Gasteiger partial charge in [-0.2, -0.15) is 5.10 Å². The molecule has 25 heavy (non-hydrogen) atoms. The minimum atomic E-state index is 0.483. The van der Waals surface area contributed by atoms with E-state index in [2.05, 4.69) is 20.0 Å². The van der Waals surface area contributed by atoms with Gasteiger partial charge in [0.1, 0.15) is 11.6 Å². The van der Waals surface area contributed by atoms with E-state index in [1.807, 2.05) is 30.5 Å². The fraction of sp³-hybridized carbons (Fsp3) is 0.556. The van der Waals surface area contributed by atoms with Crippen molar-refractivity contribution < 1.29 is 0 Å². The summed E-state index contributed by atoms with van der Waals surface area (Å²) >= 11 is 0. The molecule has 0 saturated heterocycles. The SMILES string of the molecule is Cn1ncc2c(NCc3cncn3C3CC3)nc(C3CCCC3)nc21. The largest absolute Gasteiger partial charge is 0.364 e. The maximum Gasteiger partial charge on any atom is 0.163 e. The Labute approximate surface area is 146 Å². The Balaban J connectivity index is 1.47. The molecule has 3 heterocycles. The molecule has 0 bridgehead atoms. The van der Waals surface area contributed by atoms with Crippen LogP contribution in [-0.2, 0) is 13.6 Å². The molecule has 2 saturated carbocycles. The predicted octanol–water partition coefficient (Wildman–Crippen LogP) is 3.16. The number of hydrogen-bond donors (Lipinski definition) is 1. The molecule has 3 aromatic rings. The van der Waals surface area contributed by atoms with Crippen molar-refractivity contribution in [2.45, 2.75) is 57.0 Å². The zero-order chi connectivity index (χ0) is 16.8. The van der Waals surface area contributed by atoms with Crippen LogP contribution in [0.15, 0.2) is 18.7 Å². The molecule has 7 nitrogen and oxygen atoms in total. The molecule has 0 unspecified atom stereocenters. The summed E-state index contributed by atoms with van der Waals surface area (Å²) in [5, 5.41) is 8.89. The fourth-order valence-corrected chi connectivity index (χ4v) is 3.87. The maximum atomic E-state index is 4.88. The number of nitrogens with zero attached hydrogens (tertiary/aromatic N) is 6. The summed E-state index contributed by atoms with van der Waals surface area (Å²) < 4.78 is 4.13. The van der Waals surface area contributed by atoms with Crippen LogP contribution in [0.25, 0.3) is 11.0 Å². The number of aromatic nitrogens is 6. The van der Waals surface area contributed by atoms with Crippen LogP contribution < -0.4 is 5.32 Å². The molecule has 3 aromatic heterocycles. The summed E-state index contributed by atoms with van der Waals surface area (Å²) in [7, 11) is 1.94. The Morgan fingerprint density at radius 3 is 2.76 bits per heavy atom. The van der Waals surface area contributed by atoms with E-state index >= 15 is 0 Å². The van der Waals surface area contributed by atoms with Crippen molar-refractivity contribution in [2.75, 3.05) is 5.32 Å². The van der Waals surface area contributed by atoms with Gasteiger partial charge >= 0.3 is 0 Å². The average Bonchev–Trinajstić information content (AvgIpc) is 3.04. The van der Waals surface area contributed by atoms with Crippen molar-refractivity contribution in [2.24, 2.45) is 7.05 Å². The predicted molar refractivity (Wildman–Crippen MR) is 95.3 cm³/mol. The number of imidazole rings is 1. The second kappa shape index (κ2) is 5.82. The minimum absolute atomic E-state index is 0.483. The van der Waals surface area contributed by atoms with E-state index in [1.165, 1.54) is 44.2 Å². The maximum absolute atomic E-state index is 4.88. The van der Waals surface area contributed by atoms with E-state index in [1.54, 1.807) is 0 Å². The van der Waals surface area contributed by atoms with Crippen LogP contribution in [0.3, 0.4) is 0 Å². The van der Waals surface area contributed by atoms with Crippen molar-refractivity contribution in [3.63, 3.8) is 0 Å². The Morgan fingerprint density at radius 2 is 1.96 bits per heavy atom. The lowest BCUT2D eigenvalue weighted by atomic mass is 10.1. The van der Waals surface area contributed by atoms with Gasteiger partial charge in [-0.1, -0.05) is 12.8 Å². The summed E-state index contributed by atoms with van der Waals surface area (Å²) in [6.45, 7) is 0.724. The zero-order valence-electron chi connectivity index (χ0n) is 14.5. The summed E-state index contributed by atoms with van der Waals surface area (Å²) in [6, 6.07) is 0.636. The number of aryl methyl sites for hydroxylation is 1. The topological polar surface area (TPSA) is 73.5 Å². The molecule has 0 aromatic carbocycles. The summed E-state index contributed by atoms with van der Waals surface area (Å²) in [5.74, 6) is 2.34. The third kappa shape index (κ3) is 2.67. The van der Waals surface area contributed by atoms with Crippen LogP contribution in [0.1, 0.15) is 62.0 Å². The van der Waals surface area contributed by atoms with E-state index in [0.717, 1.165) is 29.2 Å². The lowest BCUT2D eigenvalue weighted by molar-refractivity contribution is 0.666. The minimum Gasteiger partial charge on any atom is -0.364 e. The van der Waals surface area contributed by atoms with E-state index in [-0.39, 0.29) is 0 Å². The Morgan fingerprint density at radius 1 is 1.12 bits per heavy atom. The third-order valence-corrected chi connectivity index (χ3v) is 5.45. The van der Waals surface area contributed by atoms with E-state index in [0.29, 0.717) is 12.0 Å². The molecular weight excluding hydrogens is 314 g/mol.